The van der Waals surface area contributed by atoms with E-state index in [9.17, 15) is 23.2 Å². The standard InChI is InChI=1S/C40H45F2N11O4/c41-37(42)36-33(44-39(55)32-21-43-52-14-10-34(45-38(32)52)51-23-31-20-30(51)25-57-31)24-53(47-36)28-8-6-27(7-9-28)22-49-17-15-48(16-18-49)12-2-4-26-3-1-5-29(19-26)50-13-11-35(54)46-40(50)56/h1,3,5,10,14,19,21,24,27-28,30-31,37H,6-9,11-13,15-18,20,22-23,25H2,(H,44,55)(H,46,54,56)/t27-,28-,30-,31-/m1/s1. The fraction of sp³-hybridized carbons (Fsp3) is 0.500. The maximum Gasteiger partial charge on any atom is 0.328 e. The van der Waals surface area contributed by atoms with Crippen molar-refractivity contribution < 1.29 is 27.9 Å². The van der Waals surface area contributed by atoms with Crippen molar-refractivity contribution in [1.29, 1.82) is 0 Å². The number of fused-ring (bicyclic) bond motifs is 3. The molecule has 4 saturated heterocycles. The summed E-state index contributed by atoms with van der Waals surface area (Å²) in [6, 6.07) is 9.19. The third kappa shape index (κ3) is 7.94. The average molecular weight is 782 g/mol. The Kier molecular flexibility index (Phi) is 10.3. The number of ether oxygens (including phenoxy) is 1. The minimum Gasteiger partial charge on any atom is -0.374 e. The molecule has 1 aliphatic carbocycles. The van der Waals surface area contributed by atoms with Gasteiger partial charge in [0.15, 0.2) is 11.3 Å². The highest BCUT2D eigenvalue weighted by molar-refractivity contribution is 6.08. The maximum atomic E-state index is 14.2. The van der Waals surface area contributed by atoms with Crippen LogP contribution in [-0.2, 0) is 9.53 Å². The van der Waals surface area contributed by atoms with Gasteiger partial charge in [-0.05, 0) is 62.3 Å². The Balaban J connectivity index is 0.751. The van der Waals surface area contributed by atoms with Crippen LogP contribution in [0.5, 0.6) is 0 Å². The molecule has 17 heteroatoms. The topological polar surface area (TPSA) is 145 Å². The van der Waals surface area contributed by atoms with E-state index in [1.54, 1.807) is 22.0 Å². The zero-order valence-electron chi connectivity index (χ0n) is 31.5. The molecule has 5 aliphatic rings. The number of hydrogen-bond donors (Lipinski definition) is 2. The second kappa shape index (κ2) is 15.8. The summed E-state index contributed by atoms with van der Waals surface area (Å²) in [5.41, 5.74) is 1.67. The van der Waals surface area contributed by atoms with Gasteiger partial charge in [-0.25, -0.2) is 23.1 Å². The molecular weight excluding hydrogens is 737 g/mol. The molecule has 0 unspecified atom stereocenters. The fourth-order valence-electron chi connectivity index (χ4n) is 8.80. The predicted molar refractivity (Wildman–Crippen MR) is 206 cm³/mol. The third-order valence-electron chi connectivity index (χ3n) is 11.9. The molecule has 298 valence electrons. The van der Waals surface area contributed by atoms with E-state index in [1.165, 1.54) is 10.7 Å². The molecule has 4 aliphatic heterocycles. The van der Waals surface area contributed by atoms with Crippen molar-refractivity contribution in [3.05, 3.63) is 65.7 Å². The van der Waals surface area contributed by atoms with Gasteiger partial charge >= 0.3 is 6.03 Å². The summed E-state index contributed by atoms with van der Waals surface area (Å²) < 4.78 is 37.3. The summed E-state index contributed by atoms with van der Waals surface area (Å²) in [5.74, 6) is 6.94. The number of morpholine rings is 1. The van der Waals surface area contributed by atoms with Crippen LogP contribution in [0, 0.1) is 17.8 Å². The number of alkyl halides is 2. The highest BCUT2D eigenvalue weighted by Gasteiger charge is 2.40. The van der Waals surface area contributed by atoms with Gasteiger partial charge in [-0.3, -0.25) is 29.4 Å². The molecule has 2 atom stereocenters. The van der Waals surface area contributed by atoms with Crippen molar-refractivity contribution in [2.45, 2.75) is 63.1 Å². The van der Waals surface area contributed by atoms with Gasteiger partial charge in [0.2, 0.25) is 5.91 Å². The lowest BCUT2D eigenvalue weighted by molar-refractivity contribution is -0.120. The van der Waals surface area contributed by atoms with Gasteiger partial charge in [0.1, 0.15) is 11.4 Å². The van der Waals surface area contributed by atoms with Crippen LogP contribution >= 0.6 is 0 Å². The Morgan fingerprint density at radius 2 is 1.86 bits per heavy atom. The first-order chi connectivity index (χ1) is 27.7. The van der Waals surface area contributed by atoms with E-state index < -0.39 is 24.1 Å². The maximum absolute atomic E-state index is 14.2. The van der Waals surface area contributed by atoms with Gasteiger partial charge < -0.3 is 19.9 Å². The van der Waals surface area contributed by atoms with E-state index in [-0.39, 0.29) is 41.8 Å². The molecule has 4 amide bonds. The largest absolute Gasteiger partial charge is 0.374 e. The number of imide groups is 1. The van der Waals surface area contributed by atoms with Gasteiger partial charge in [0, 0.05) is 75.9 Å². The van der Waals surface area contributed by atoms with Gasteiger partial charge in [-0.1, -0.05) is 17.9 Å². The molecule has 0 radical (unpaired) electrons. The lowest BCUT2D eigenvalue weighted by Gasteiger charge is -2.37. The lowest BCUT2D eigenvalue weighted by Crippen LogP contribution is -2.49. The monoisotopic (exact) mass is 781 g/mol. The van der Waals surface area contributed by atoms with E-state index >= 15 is 0 Å². The average Bonchev–Trinajstić information content (AvgIpc) is 4.03. The Morgan fingerprint density at radius 3 is 2.61 bits per heavy atom. The molecule has 15 nitrogen and oxygen atoms in total. The number of piperazine rings is 1. The summed E-state index contributed by atoms with van der Waals surface area (Å²) in [4.78, 5) is 50.6. The van der Waals surface area contributed by atoms with E-state index in [0.29, 0.717) is 31.3 Å². The number of carbonyl (C=O) groups is 3. The highest BCUT2D eigenvalue weighted by atomic mass is 19.3. The van der Waals surface area contributed by atoms with Gasteiger partial charge in [0.25, 0.3) is 12.3 Å². The number of hydrogen-bond acceptors (Lipinski definition) is 10. The SMILES string of the molecule is O=C1CCN(c2cccc(C#CCN3CCN(C[C@H]4CC[C@H](n5cc(NC(=O)c6cnn7ccc(N8C[C@H]9C[C@@H]8CO9)nc67)c(C(F)F)n5)CC4)CC3)c2)C(=O)N1. The minimum atomic E-state index is -2.85. The number of rotatable bonds is 9. The first-order valence-electron chi connectivity index (χ1n) is 19.8. The Labute approximate surface area is 328 Å². The number of halogens is 2. The van der Waals surface area contributed by atoms with Crippen LogP contribution < -0.4 is 20.4 Å². The first kappa shape index (κ1) is 37.2. The second-order valence-electron chi connectivity index (χ2n) is 15.6. The molecule has 4 aromatic rings. The quantitative estimate of drug-likeness (QED) is 0.240. The molecule has 2 N–H and O–H groups in total. The summed E-state index contributed by atoms with van der Waals surface area (Å²) in [5, 5.41) is 13.6. The van der Waals surface area contributed by atoms with Crippen LogP contribution in [0.15, 0.2) is 48.9 Å². The number of aromatic nitrogens is 5. The van der Waals surface area contributed by atoms with E-state index in [2.05, 4.69) is 47.4 Å². The summed E-state index contributed by atoms with van der Waals surface area (Å²) >= 11 is 0. The molecule has 9 rings (SSSR count). The van der Waals surface area contributed by atoms with Gasteiger partial charge in [0.05, 0.1) is 43.2 Å². The summed E-state index contributed by atoms with van der Waals surface area (Å²) in [7, 11) is 0. The zero-order chi connectivity index (χ0) is 39.0. The van der Waals surface area contributed by atoms with E-state index in [0.717, 1.165) is 88.4 Å². The van der Waals surface area contributed by atoms with Crippen molar-refractivity contribution >= 4 is 40.7 Å². The summed E-state index contributed by atoms with van der Waals surface area (Å²) in [6.07, 6.45) is 6.87. The number of nitrogens with one attached hydrogen (secondary N) is 2. The van der Waals surface area contributed by atoms with Gasteiger partial charge in [-0.2, -0.15) is 10.2 Å². The van der Waals surface area contributed by atoms with E-state index in [1.807, 2.05) is 30.3 Å². The molecule has 0 spiro atoms. The molecule has 1 aromatic carbocycles. The fourth-order valence-corrected chi connectivity index (χ4v) is 8.80. The van der Waals surface area contributed by atoms with Crippen LogP contribution in [0.4, 0.5) is 30.8 Å². The number of anilines is 3. The molecule has 2 bridgehead atoms. The summed E-state index contributed by atoms with van der Waals surface area (Å²) in [6.45, 7) is 7.15. The molecule has 57 heavy (non-hydrogen) atoms. The van der Waals surface area contributed by atoms with Crippen molar-refractivity contribution in [1.82, 2.24) is 39.5 Å². The third-order valence-corrected chi connectivity index (χ3v) is 11.9. The molecule has 5 fully saturated rings. The Bertz CT molecular complexity index is 2220. The van der Waals surface area contributed by atoms with Crippen LogP contribution in [0.25, 0.3) is 5.65 Å². The number of carbonyl (C=O) groups excluding carboxylic acids is 3. The Morgan fingerprint density at radius 1 is 1.04 bits per heavy atom. The second-order valence-corrected chi connectivity index (χ2v) is 15.6. The van der Waals surface area contributed by atoms with Crippen LogP contribution in [0.3, 0.4) is 0 Å². The predicted octanol–water partition coefficient (Wildman–Crippen LogP) is 3.94. The van der Waals surface area contributed by atoms with Crippen LogP contribution in [-0.4, -0.2) is 123 Å². The Hall–Kier alpha value is -5.44. The molecule has 1 saturated carbocycles. The molecule has 3 aromatic heterocycles. The normalized spacial score (nSPS) is 24.3. The van der Waals surface area contributed by atoms with Crippen molar-refractivity contribution in [3.63, 3.8) is 0 Å². The van der Waals surface area contributed by atoms with Crippen molar-refractivity contribution in [2.75, 3.05) is 74.1 Å². The number of amides is 4. The minimum absolute atomic E-state index is 0.00272. The number of nitrogens with zero attached hydrogens (tertiary/aromatic N) is 9. The van der Waals surface area contributed by atoms with Crippen LogP contribution in [0.2, 0.25) is 0 Å². The number of benzene rings is 1. The number of urea groups is 1. The lowest BCUT2D eigenvalue weighted by atomic mass is 9.85. The van der Waals surface area contributed by atoms with Crippen molar-refractivity contribution in [3.8, 4) is 11.8 Å². The zero-order valence-corrected chi connectivity index (χ0v) is 31.5. The van der Waals surface area contributed by atoms with Crippen molar-refractivity contribution in [2.24, 2.45) is 5.92 Å². The molecular formula is C40H45F2N11O4. The first-order valence-corrected chi connectivity index (χ1v) is 19.8. The highest BCUT2D eigenvalue weighted by Crippen LogP contribution is 2.36. The van der Waals surface area contributed by atoms with Gasteiger partial charge in [-0.15, -0.1) is 0 Å². The van der Waals surface area contributed by atoms with E-state index in [4.69, 9.17) is 9.72 Å². The molecule has 7 heterocycles. The smallest absolute Gasteiger partial charge is 0.328 e. The van der Waals surface area contributed by atoms with Crippen LogP contribution in [0.1, 0.15) is 72.6 Å².